The number of aromatic nitrogens is 4. The maximum atomic E-state index is 12.5. The highest BCUT2D eigenvalue weighted by molar-refractivity contribution is 5.93. The van der Waals surface area contributed by atoms with Gasteiger partial charge >= 0.3 is 6.18 Å². The van der Waals surface area contributed by atoms with Crippen LogP contribution in [0.4, 0.5) is 19.1 Å². The number of carbonyl (C=O) groups is 1. The molecule has 1 N–H and O–H groups in total. The Labute approximate surface area is 129 Å². The minimum absolute atomic E-state index is 0.133. The van der Waals surface area contributed by atoms with Crippen LogP contribution in [0, 0.1) is 0 Å². The highest BCUT2D eigenvalue weighted by Gasteiger charge is 2.32. The van der Waals surface area contributed by atoms with Crippen LogP contribution in [-0.4, -0.2) is 57.2 Å². The largest absolute Gasteiger partial charge is 0.419 e. The van der Waals surface area contributed by atoms with Gasteiger partial charge in [0.1, 0.15) is 0 Å². The quantitative estimate of drug-likeness (QED) is 0.897. The highest BCUT2D eigenvalue weighted by Crippen LogP contribution is 2.28. The van der Waals surface area contributed by atoms with E-state index in [1.807, 2.05) is 0 Å². The summed E-state index contributed by atoms with van der Waals surface area (Å²) in [7, 11) is 0. The molecule has 7 nitrogen and oxygen atoms in total. The average Bonchev–Trinajstić information content (AvgIpc) is 3.08. The van der Waals surface area contributed by atoms with Crippen molar-refractivity contribution in [2.45, 2.75) is 6.18 Å². The minimum Gasteiger partial charge on any atom is -0.337 e. The van der Waals surface area contributed by atoms with Crippen molar-refractivity contribution in [2.75, 3.05) is 31.1 Å². The van der Waals surface area contributed by atoms with Crippen molar-refractivity contribution in [2.24, 2.45) is 0 Å². The molecule has 1 aliphatic rings. The van der Waals surface area contributed by atoms with E-state index in [2.05, 4.69) is 20.2 Å². The van der Waals surface area contributed by atoms with Gasteiger partial charge in [0.25, 0.3) is 5.91 Å². The summed E-state index contributed by atoms with van der Waals surface area (Å²) >= 11 is 0. The summed E-state index contributed by atoms with van der Waals surface area (Å²) in [6.45, 7) is 1.78. The summed E-state index contributed by atoms with van der Waals surface area (Å²) in [4.78, 5) is 23.1. The van der Waals surface area contributed by atoms with Crippen LogP contribution in [0.5, 0.6) is 0 Å². The van der Waals surface area contributed by atoms with Crippen molar-refractivity contribution in [1.82, 2.24) is 25.1 Å². The summed E-state index contributed by atoms with van der Waals surface area (Å²) in [5.74, 6) is 0.0974. The highest BCUT2D eigenvalue weighted by atomic mass is 19.4. The molecule has 0 saturated carbocycles. The number of carbonyl (C=O) groups excluding carboxylic acids is 1. The zero-order valence-corrected chi connectivity index (χ0v) is 11.9. The lowest BCUT2D eigenvalue weighted by atomic mass is 10.2. The predicted octanol–water partition coefficient (Wildman–Crippen LogP) is 1.18. The van der Waals surface area contributed by atoms with E-state index in [0.29, 0.717) is 31.7 Å². The van der Waals surface area contributed by atoms with Crippen molar-refractivity contribution in [3.8, 4) is 0 Å². The van der Waals surface area contributed by atoms with Gasteiger partial charge in [-0.3, -0.25) is 9.89 Å². The van der Waals surface area contributed by atoms with Crippen LogP contribution < -0.4 is 4.90 Å². The smallest absolute Gasteiger partial charge is 0.337 e. The van der Waals surface area contributed by atoms with Gasteiger partial charge in [0.15, 0.2) is 0 Å². The van der Waals surface area contributed by atoms with E-state index in [4.69, 9.17) is 0 Å². The molecule has 122 valence electrons. The van der Waals surface area contributed by atoms with Crippen LogP contribution >= 0.6 is 0 Å². The van der Waals surface area contributed by atoms with E-state index in [1.54, 1.807) is 9.80 Å². The van der Waals surface area contributed by atoms with Crippen molar-refractivity contribution >= 4 is 11.9 Å². The van der Waals surface area contributed by atoms with Crippen molar-refractivity contribution in [3.63, 3.8) is 0 Å². The van der Waals surface area contributed by atoms with Crippen LogP contribution in [0.25, 0.3) is 0 Å². The molecule has 10 heteroatoms. The van der Waals surface area contributed by atoms with Crippen LogP contribution in [0.2, 0.25) is 0 Å². The number of rotatable bonds is 2. The number of halogens is 3. The van der Waals surface area contributed by atoms with Crippen molar-refractivity contribution < 1.29 is 18.0 Å². The zero-order valence-electron chi connectivity index (χ0n) is 11.9. The Morgan fingerprint density at radius 1 is 1.09 bits per heavy atom. The molecule has 0 atom stereocenters. The van der Waals surface area contributed by atoms with Crippen LogP contribution in [0.15, 0.2) is 24.8 Å². The van der Waals surface area contributed by atoms with Gasteiger partial charge in [-0.05, 0) is 0 Å². The van der Waals surface area contributed by atoms with E-state index >= 15 is 0 Å². The molecule has 2 aromatic rings. The Morgan fingerprint density at radius 3 is 2.26 bits per heavy atom. The first kappa shape index (κ1) is 15.3. The second-order valence-electron chi connectivity index (χ2n) is 5.04. The van der Waals surface area contributed by atoms with E-state index in [1.165, 1.54) is 12.4 Å². The molecule has 0 spiro atoms. The molecule has 1 amide bonds. The molecule has 0 aromatic carbocycles. The number of alkyl halides is 3. The third kappa shape index (κ3) is 3.25. The van der Waals surface area contributed by atoms with Crippen molar-refractivity contribution in [3.05, 3.63) is 35.9 Å². The first-order chi connectivity index (χ1) is 10.9. The van der Waals surface area contributed by atoms with E-state index in [0.717, 1.165) is 12.4 Å². The minimum atomic E-state index is -4.45. The third-order valence-corrected chi connectivity index (χ3v) is 3.56. The number of anilines is 1. The van der Waals surface area contributed by atoms with E-state index < -0.39 is 11.7 Å². The second kappa shape index (κ2) is 5.86. The number of hydrogen-bond acceptors (Lipinski definition) is 5. The second-order valence-corrected chi connectivity index (χ2v) is 5.04. The first-order valence-corrected chi connectivity index (χ1v) is 6.87. The van der Waals surface area contributed by atoms with Gasteiger partial charge in [-0.2, -0.15) is 18.3 Å². The fourth-order valence-electron chi connectivity index (χ4n) is 2.29. The topological polar surface area (TPSA) is 78.0 Å². The average molecular weight is 326 g/mol. The van der Waals surface area contributed by atoms with Gasteiger partial charge in [0.05, 0.1) is 17.3 Å². The Kier molecular flexibility index (Phi) is 3.89. The number of H-pyrrole nitrogens is 1. The summed E-state index contributed by atoms with van der Waals surface area (Å²) in [6, 6.07) is 0. The first-order valence-electron chi connectivity index (χ1n) is 6.87. The maximum Gasteiger partial charge on any atom is 0.419 e. The molecule has 1 saturated heterocycles. The summed E-state index contributed by atoms with van der Waals surface area (Å²) in [5, 5.41) is 6.32. The molecule has 0 unspecified atom stereocenters. The Hall–Kier alpha value is -2.65. The predicted molar refractivity (Wildman–Crippen MR) is 73.7 cm³/mol. The fraction of sp³-hybridized carbons (Fsp3) is 0.385. The summed E-state index contributed by atoms with van der Waals surface area (Å²) < 4.78 is 37.5. The van der Waals surface area contributed by atoms with Gasteiger partial charge in [-0.25, -0.2) is 9.97 Å². The molecular formula is C13H13F3N6O. The zero-order chi connectivity index (χ0) is 16.4. The lowest BCUT2D eigenvalue weighted by Gasteiger charge is -2.34. The van der Waals surface area contributed by atoms with Gasteiger partial charge < -0.3 is 9.80 Å². The normalized spacial score (nSPS) is 15.8. The third-order valence-electron chi connectivity index (χ3n) is 3.56. The number of hydrogen-bond donors (Lipinski definition) is 1. The Bertz CT molecular complexity index is 662. The number of nitrogens with zero attached hydrogens (tertiary/aromatic N) is 5. The SMILES string of the molecule is O=C(c1cn[nH]c1)N1CCN(c2ncc(C(F)(F)F)cn2)CC1. The number of nitrogens with one attached hydrogen (secondary N) is 1. The molecular weight excluding hydrogens is 313 g/mol. The Balaban J connectivity index is 1.62. The van der Waals surface area contributed by atoms with Crippen LogP contribution in [0.3, 0.4) is 0 Å². The monoisotopic (exact) mass is 326 g/mol. The lowest BCUT2D eigenvalue weighted by molar-refractivity contribution is -0.138. The Morgan fingerprint density at radius 2 is 1.74 bits per heavy atom. The van der Waals surface area contributed by atoms with E-state index in [9.17, 15) is 18.0 Å². The van der Waals surface area contributed by atoms with Gasteiger partial charge in [0.2, 0.25) is 5.95 Å². The van der Waals surface area contributed by atoms with Crippen LogP contribution in [0.1, 0.15) is 15.9 Å². The molecule has 1 fully saturated rings. The fourth-order valence-corrected chi connectivity index (χ4v) is 2.29. The standard InChI is InChI=1S/C13H13F3N6O/c14-13(15,16)10-7-17-12(18-8-10)22-3-1-21(2-4-22)11(23)9-5-19-20-6-9/h5-8H,1-4H2,(H,19,20). The number of aromatic amines is 1. The van der Waals surface area contributed by atoms with Gasteiger partial charge in [-0.15, -0.1) is 0 Å². The summed E-state index contributed by atoms with van der Waals surface area (Å²) in [5.41, 5.74) is -0.403. The molecule has 2 aromatic heterocycles. The molecule has 0 bridgehead atoms. The number of piperazine rings is 1. The molecule has 0 aliphatic carbocycles. The van der Waals surface area contributed by atoms with Gasteiger partial charge in [0, 0.05) is 44.8 Å². The van der Waals surface area contributed by atoms with Gasteiger partial charge in [-0.1, -0.05) is 0 Å². The molecule has 3 heterocycles. The number of amides is 1. The molecule has 3 rings (SSSR count). The lowest BCUT2D eigenvalue weighted by Crippen LogP contribution is -2.49. The van der Waals surface area contributed by atoms with Crippen LogP contribution in [-0.2, 0) is 6.18 Å². The van der Waals surface area contributed by atoms with Crippen molar-refractivity contribution in [1.29, 1.82) is 0 Å². The van der Waals surface area contributed by atoms with E-state index in [-0.39, 0.29) is 11.9 Å². The molecule has 1 aliphatic heterocycles. The summed E-state index contributed by atoms with van der Waals surface area (Å²) in [6.07, 6.45) is 0.0618. The maximum absolute atomic E-state index is 12.5. The molecule has 0 radical (unpaired) electrons. The molecule has 23 heavy (non-hydrogen) atoms.